The highest BCUT2D eigenvalue weighted by Gasteiger charge is 2.16. The number of rotatable bonds is 3. The second-order valence-electron chi connectivity index (χ2n) is 6.35. The van der Waals surface area contributed by atoms with E-state index < -0.39 is 17.9 Å². The lowest BCUT2D eigenvalue weighted by molar-refractivity contribution is 0.0673. The molecular weight excluding hydrogens is 426 g/mol. The maximum atomic E-state index is 10.4. The Balaban J connectivity index is 0.000000444. The molecule has 0 atom stereocenters. The summed E-state index contributed by atoms with van der Waals surface area (Å²) in [5, 5.41) is 34.6. The Morgan fingerprint density at radius 3 is 1.22 bits per heavy atom. The van der Waals surface area contributed by atoms with Crippen molar-refractivity contribution in [3.8, 4) is 5.75 Å². The van der Waals surface area contributed by atoms with Crippen LogP contribution in [0, 0.1) is 0 Å². The quantitative estimate of drug-likeness (QED) is 0.274. The first-order valence-electron chi connectivity index (χ1n) is 8.43. The van der Waals surface area contributed by atoms with Crippen molar-refractivity contribution in [3.63, 3.8) is 0 Å². The Kier molecular flexibility index (Phi) is 9.40. The van der Waals surface area contributed by atoms with E-state index in [-0.39, 0.29) is 34.7 Å². The van der Waals surface area contributed by atoms with Gasteiger partial charge in [-0.25, -0.2) is 14.4 Å². The fourth-order valence-corrected chi connectivity index (χ4v) is 2.50. The standard InChI is InChI=1S/C6H8N2O3.2C6H8N2O2.H3N/c1-8-2-3(7)5(9)4(8)6(10)11;2*1-8-3-4(7)2-5(8)6(9)10;/h2,9H,7H2,1H3,(H,10,11);2*2-3H,7H2,1H3,(H,9,10);1H3. The van der Waals surface area contributed by atoms with E-state index in [0.717, 1.165) is 0 Å². The van der Waals surface area contributed by atoms with Crippen LogP contribution in [-0.4, -0.2) is 52.0 Å². The van der Waals surface area contributed by atoms with Crippen LogP contribution in [0.2, 0.25) is 0 Å². The van der Waals surface area contributed by atoms with Crippen LogP contribution in [0.3, 0.4) is 0 Å². The minimum absolute atomic E-state index is 0. The van der Waals surface area contributed by atoms with Gasteiger partial charge in [0.05, 0.1) is 17.1 Å². The lowest BCUT2D eigenvalue weighted by Gasteiger charge is -1.95. The van der Waals surface area contributed by atoms with E-state index in [1.165, 1.54) is 39.1 Å². The monoisotopic (exact) mass is 453 g/mol. The van der Waals surface area contributed by atoms with Gasteiger partial charge in [-0.2, -0.15) is 0 Å². The van der Waals surface area contributed by atoms with E-state index in [1.54, 1.807) is 26.5 Å². The highest BCUT2D eigenvalue weighted by molar-refractivity contribution is 5.91. The Hall–Kier alpha value is -4.59. The third-order valence-corrected chi connectivity index (χ3v) is 3.88. The fourth-order valence-electron chi connectivity index (χ4n) is 2.50. The number of aromatic nitrogens is 3. The highest BCUT2D eigenvalue weighted by Crippen LogP contribution is 2.25. The number of nitrogens with two attached hydrogens (primary N) is 3. The molecular formula is C18H27N7O7. The first-order chi connectivity index (χ1) is 14.3. The predicted octanol–water partition coefficient (Wildman–Crippen LogP) is 0.784. The van der Waals surface area contributed by atoms with Crippen LogP contribution in [0.25, 0.3) is 0 Å². The molecule has 0 aliphatic carbocycles. The van der Waals surface area contributed by atoms with Crippen LogP contribution in [-0.2, 0) is 21.1 Å². The second kappa shape index (κ2) is 11.0. The number of hydrogen-bond acceptors (Lipinski definition) is 8. The summed E-state index contributed by atoms with van der Waals surface area (Å²) in [5.74, 6) is -3.49. The van der Waals surface area contributed by atoms with E-state index >= 15 is 0 Å². The zero-order valence-corrected chi connectivity index (χ0v) is 17.7. The first-order valence-corrected chi connectivity index (χ1v) is 8.43. The normalized spacial score (nSPS) is 9.47. The minimum Gasteiger partial charge on any atom is -0.504 e. The molecule has 0 fully saturated rings. The summed E-state index contributed by atoms with van der Waals surface area (Å²) >= 11 is 0. The molecule has 0 bridgehead atoms. The molecule has 3 heterocycles. The van der Waals surface area contributed by atoms with Crippen molar-refractivity contribution in [1.29, 1.82) is 0 Å². The van der Waals surface area contributed by atoms with Crippen LogP contribution < -0.4 is 23.4 Å². The largest absolute Gasteiger partial charge is 0.504 e. The zero-order chi connectivity index (χ0) is 24.0. The van der Waals surface area contributed by atoms with Crippen LogP contribution >= 0.6 is 0 Å². The summed E-state index contributed by atoms with van der Waals surface area (Å²) in [4.78, 5) is 31.1. The van der Waals surface area contributed by atoms with Gasteiger partial charge in [0, 0.05) is 39.7 Å². The second-order valence-corrected chi connectivity index (χ2v) is 6.35. The number of aromatic hydroxyl groups is 1. The minimum atomic E-state index is -1.19. The average molecular weight is 453 g/mol. The van der Waals surface area contributed by atoms with E-state index in [4.69, 9.17) is 37.6 Å². The van der Waals surface area contributed by atoms with Crippen molar-refractivity contribution in [3.05, 3.63) is 47.8 Å². The molecule has 0 aliphatic rings. The van der Waals surface area contributed by atoms with E-state index in [2.05, 4.69) is 0 Å². The molecule has 0 saturated carbocycles. The molecule has 14 nitrogen and oxygen atoms in total. The molecule has 176 valence electrons. The van der Waals surface area contributed by atoms with Gasteiger partial charge in [-0.3, -0.25) is 0 Å². The summed E-state index contributed by atoms with van der Waals surface area (Å²) in [5.41, 5.74) is 17.1. The topological polar surface area (TPSA) is 260 Å². The molecule has 0 saturated heterocycles. The van der Waals surface area contributed by atoms with Gasteiger partial charge >= 0.3 is 17.9 Å². The number of nitrogens with zero attached hydrogens (tertiary/aromatic N) is 3. The van der Waals surface area contributed by atoms with E-state index in [1.807, 2.05) is 0 Å². The lowest BCUT2D eigenvalue weighted by atomic mass is 10.4. The van der Waals surface area contributed by atoms with Gasteiger partial charge in [0.1, 0.15) is 11.4 Å². The number of anilines is 3. The van der Waals surface area contributed by atoms with Crippen LogP contribution in [0.1, 0.15) is 31.5 Å². The number of carbonyl (C=O) groups is 3. The van der Waals surface area contributed by atoms with Gasteiger partial charge in [0.25, 0.3) is 0 Å². The summed E-state index contributed by atoms with van der Waals surface area (Å²) in [6.07, 6.45) is 4.46. The number of nitrogen functional groups attached to an aromatic ring is 3. The zero-order valence-electron chi connectivity index (χ0n) is 17.7. The van der Waals surface area contributed by atoms with Crippen LogP contribution in [0.5, 0.6) is 5.75 Å². The fraction of sp³-hybridized carbons (Fsp3) is 0.167. The first kappa shape index (κ1) is 27.4. The molecule has 0 aliphatic heterocycles. The van der Waals surface area contributed by atoms with Crippen molar-refractivity contribution in [2.24, 2.45) is 21.1 Å². The van der Waals surface area contributed by atoms with Crippen LogP contribution in [0.4, 0.5) is 17.1 Å². The number of hydrogen-bond donors (Lipinski definition) is 8. The Morgan fingerprint density at radius 2 is 1.09 bits per heavy atom. The van der Waals surface area contributed by atoms with Gasteiger partial charge in [-0.05, 0) is 12.1 Å². The molecule has 32 heavy (non-hydrogen) atoms. The summed E-state index contributed by atoms with van der Waals surface area (Å²) in [6, 6.07) is 2.84. The Morgan fingerprint density at radius 1 is 0.719 bits per heavy atom. The number of aromatic carboxylic acids is 3. The summed E-state index contributed by atoms with van der Waals surface area (Å²) in [6.45, 7) is 0. The predicted molar refractivity (Wildman–Crippen MR) is 117 cm³/mol. The summed E-state index contributed by atoms with van der Waals surface area (Å²) in [7, 11) is 4.78. The third-order valence-electron chi connectivity index (χ3n) is 3.88. The molecule has 0 spiro atoms. The number of carboxylic acid groups (broad SMARTS) is 3. The molecule has 3 rings (SSSR count). The van der Waals surface area contributed by atoms with E-state index in [0.29, 0.717) is 11.4 Å². The number of carboxylic acids is 3. The van der Waals surface area contributed by atoms with Crippen molar-refractivity contribution in [1.82, 2.24) is 19.9 Å². The highest BCUT2D eigenvalue weighted by atomic mass is 16.4. The van der Waals surface area contributed by atoms with Gasteiger partial charge < -0.3 is 57.5 Å². The smallest absolute Gasteiger partial charge is 0.356 e. The third kappa shape index (κ3) is 6.74. The lowest BCUT2D eigenvalue weighted by Crippen LogP contribution is -2.03. The maximum absolute atomic E-state index is 10.4. The molecule has 3 aromatic rings. The summed E-state index contributed by atoms with van der Waals surface area (Å²) < 4.78 is 4.20. The van der Waals surface area contributed by atoms with Gasteiger partial charge in [0.2, 0.25) is 0 Å². The molecule has 0 aromatic carbocycles. The number of aryl methyl sites for hydroxylation is 3. The average Bonchev–Trinajstić information content (AvgIpc) is 3.23. The Labute approximate surface area is 182 Å². The molecule has 0 radical (unpaired) electrons. The SMILES string of the molecule is Cn1cc(N)c(O)c1C(=O)O.Cn1cc(N)cc1C(=O)O.Cn1cc(N)cc1C(=O)O.N. The Bertz CT molecular complexity index is 1060. The van der Waals surface area contributed by atoms with Crippen molar-refractivity contribution < 1.29 is 34.8 Å². The molecule has 14 heteroatoms. The molecule has 0 amide bonds. The van der Waals surface area contributed by atoms with Crippen molar-refractivity contribution in [2.75, 3.05) is 17.2 Å². The van der Waals surface area contributed by atoms with Gasteiger partial charge in [0.15, 0.2) is 11.4 Å². The molecule has 3 aromatic heterocycles. The van der Waals surface area contributed by atoms with Gasteiger partial charge in [-0.1, -0.05) is 0 Å². The van der Waals surface area contributed by atoms with E-state index in [9.17, 15) is 14.4 Å². The molecule has 13 N–H and O–H groups in total. The van der Waals surface area contributed by atoms with Crippen LogP contribution in [0.15, 0.2) is 30.7 Å². The molecule has 0 unspecified atom stereocenters. The van der Waals surface area contributed by atoms with Crippen molar-refractivity contribution >= 4 is 35.0 Å². The maximum Gasteiger partial charge on any atom is 0.356 e. The van der Waals surface area contributed by atoms with Gasteiger partial charge in [-0.15, -0.1) is 0 Å². The van der Waals surface area contributed by atoms with Crippen molar-refractivity contribution in [2.45, 2.75) is 0 Å².